The highest BCUT2D eigenvalue weighted by Crippen LogP contribution is 2.43. The van der Waals surface area contributed by atoms with Gasteiger partial charge in [-0.25, -0.2) is 13.8 Å². The van der Waals surface area contributed by atoms with E-state index in [0.717, 1.165) is 55.7 Å². The number of ether oxygens (including phenoxy) is 1. The molecule has 6 heterocycles. The van der Waals surface area contributed by atoms with Crippen LogP contribution in [0.25, 0.3) is 10.4 Å². The molecule has 3 aliphatic rings. The quantitative estimate of drug-likeness (QED) is 0.186. The van der Waals surface area contributed by atoms with E-state index in [1.54, 1.807) is 72.0 Å². The third kappa shape index (κ3) is 6.40. The van der Waals surface area contributed by atoms with Crippen LogP contribution in [0, 0.1) is 17.0 Å². The number of carbonyl (C=O) groups is 3. The molecule has 3 aliphatic heterocycles. The fourth-order valence-corrected chi connectivity index (χ4v) is 8.43. The maximum absolute atomic E-state index is 14.4. The number of nitrogens with one attached hydrogen (secondary N) is 2. The van der Waals surface area contributed by atoms with Gasteiger partial charge in [0.2, 0.25) is 0 Å². The lowest BCUT2D eigenvalue weighted by molar-refractivity contribution is -0.000510. The zero-order valence-electron chi connectivity index (χ0n) is 27.6. The number of amides is 3. The minimum absolute atomic E-state index is 0.227. The van der Waals surface area contributed by atoms with E-state index in [0.29, 0.717) is 57.8 Å². The van der Waals surface area contributed by atoms with Crippen LogP contribution in [0.15, 0.2) is 79.3 Å². The summed E-state index contributed by atoms with van der Waals surface area (Å²) in [5.41, 5.74) is 3.47. The summed E-state index contributed by atoms with van der Waals surface area (Å²) in [4.78, 5) is 54.2. The molecule has 14 heteroatoms. The van der Waals surface area contributed by atoms with E-state index in [1.165, 1.54) is 11.3 Å². The van der Waals surface area contributed by atoms with Crippen molar-refractivity contribution < 1.29 is 27.9 Å². The molecule has 0 aliphatic carbocycles. The molecule has 0 bridgehead atoms. The van der Waals surface area contributed by atoms with Gasteiger partial charge in [-0.05, 0) is 79.4 Å². The second kappa shape index (κ2) is 13.7. The molecule has 2 aromatic carbocycles. The van der Waals surface area contributed by atoms with E-state index < -0.39 is 17.5 Å². The molecule has 10 nitrogen and oxygen atoms in total. The van der Waals surface area contributed by atoms with Crippen LogP contribution in [0.3, 0.4) is 0 Å². The summed E-state index contributed by atoms with van der Waals surface area (Å²) in [6.07, 6.45) is 7.39. The molecule has 3 amide bonds. The Balaban J connectivity index is 0.967. The molecule has 1 spiro atoms. The van der Waals surface area contributed by atoms with Crippen LogP contribution < -0.4 is 20.4 Å². The Morgan fingerprint density at radius 2 is 1.73 bits per heavy atom. The molecule has 8 rings (SSSR count). The number of nitrogens with zero attached hydrogens (tertiary/aromatic N) is 4. The number of carbonyl (C=O) groups excluding carboxylic acids is 3. The molecule has 0 saturated carbocycles. The van der Waals surface area contributed by atoms with Gasteiger partial charge in [-0.15, -0.1) is 11.3 Å². The van der Waals surface area contributed by atoms with Crippen molar-refractivity contribution >= 4 is 63.5 Å². The molecular weight excluding hydrogens is 710 g/mol. The Morgan fingerprint density at radius 3 is 2.50 bits per heavy atom. The average Bonchev–Trinajstić information content (AvgIpc) is 3.50. The second-order valence-corrected chi connectivity index (χ2v) is 14.6. The van der Waals surface area contributed by atoms with Gasteiger partial charge in [0.15, 0.2) is 5.82 Å². The highest BCUT2D eigenvalue weighted by Gasteiger charge is 2.45. The van der Waals surface area contributed by atoms with Crippen LogP contribution in [0.1, 0.15) is 48.8 Å². The lowest BCUT2D eigenvalue weighted by atomic mass is 9.73. The largest absolute Gasteiger partial charge is 0.381 e. The molecule has 5 aromatic rings. The summed E-state index contributed by atoms with van der Waals surface area (Å²) in [7, 11) is 0. The zero-order chi connectivity index (χ0) is 36.0. The van der Waals surface area contributed by atoms with Gasteiger partial charge in [-0.1, -0.05) is 11.6 Å². The molecule has 2 saturated heterocycles. The normalized spacial score (nSPS) is 16.0. The monoisotopic (exact) mass is 740 g/mol. The fraction of sp³-hybridized carbons (Fsp3) is 0.237. The average molecular weight is 741 g/mol. The van der Waals surface area contributed by atoms with Crippen LogP contribution in [-0.4, -0.2) is 60.5 Å². The zero-order valence-corrected chi connectivity index (χ0v) is 29.2. The van der Waals surface area contributed by atoms with Crippen LogP contribution in [0.4, 0.5) is 31.7 Å². The first kappa shape index (κ1) is 33.9. The Kier molecular flexibility index (Phi) is 8.94. The number of anilines is 4. The predicted molar refractivity (Wildman–Crippen MR) is 196 cm³/mol. The maximum Gasteiger partial charge on any atom is 0.265 e. The Labute approximate surface area is 306 Å². The van der Waals surface area contributed by atoms with Crippen molar-refractivity contribution in [2.24, 2.45) is 5.41 Å². The SMILES string of the molecule is O=C(Nc1c(F)cc(F)cc1Cl)c1cc2c(s1)-c1cnccc1N(C(=O)c1ccc(NC(=O)c3cccnc3N3CC4(CCOCC4)C3)cc1)CC2. The molecule has 2 fully saturated rings. The lowest BCUT2D eigenvalue weighted by Gasteiger charge is -2.53. The van der Waals surface area contributed by atoms with Crippen molar-refractivity contribution in [1.29, 1.82) is 0 Å². The first-order chi connectivity index (χ1) is 25.2. The number of aromatic nitrogens is 2. The van der Waals surface area contributed by atoms with Gasteiger partial charge in [0.25, 0.3) is 17.7 Å². The summed E-state index contributed by atoms with van der Waals surface area (Å²) >= 11 is 7.17. The van der Waals surface area contributed by atoms with Crippen molar-refractivity contribution in [2.75, 3.05) is 53.3 Å². The number of pyridine rings is 2. The molecule has 0 unspecified atom stereocenters. The highest BCUT2D eigenvalue weighted by molar-refractivity contribution is 7.17. The third-order valence-corrected chi connectivity index (χ3v) is 11.3. The summed E-state index contributed by atoms with van der Waals surface area (Å²) < 4.78 is 33.4. The molecule has 0 radical (unpaired) electrons. The summed E-state index contributed by atoms with van der Waals surface area (Å²) in [5, 5.41) is 5.15. The topological polar surface area (TPSA) is 117 Å². The minimum atomic E-state index is -0.982. The van der Waals surface area contributed by atoms with E-state index in [2.05, 4.69) is 25.5 Å². The number of hydrogen-bond donors (Lipinski definition) is 2. The van der Waals surface area contributed by atoms with Gasteiger partial charge in [-0.2, -0.15) is 0 Å². The Hall–Kier alpha value is -5.24. The number of hydrogen-bond acceptors (Lipinski definition) is 8. The summed E-state index contributed by atoms with van der Waals surface area (Å²) in [5.74, 6) is -2.30. The molecule has 2 N–H and O–H groups in total. The van der Waals surface area contributed by atoms with Gasteiger partial charge >= 0.3 is 0 Å². The van der Waals surface area contributed by atoms with Crippen LogP contribution in [-0.2, 0) is 11.2 Å². The van der Waals surface area contributed by atoms with Crippen LogP contribution in [0.2, 0.25) is 5.02 Å². The number of benzene rings is 2. The summed E-state index contributed by atoms with van der Waals surface area (Å²) in [6.45, 7) is 3.53. The van der Waals surface area contributed by atoms with E-state index in [1.807, 2.05) is 0 Å². The molecule has 3 aromatic heterocycles. The van der Waals surface area contributed by atoms with Gasteiger partial charge in [0.1, 0.15) is 11.6 Å². The standard InChI is InChI=1S/C38H31ClF2N6O4S/c39-28-17-24(40)18-29(41)32(28)45-36(49)31-16-23-8-13-47(30-7-12-42-19-27(30)33(23)52-31)37(50)22-3-5-25(6-4-22)44-35(48)26-2-1-11-43-34(26)46-20-38(21-46)9-14-51-15-10-38/h1-7,11-12,16-19H,8-10,13-15,20-21H2,(H,44,48)(H,45,49). The predicted octanol–water partition coefficient (Wildman–Crippen LogP) is 7.46. The number of fused-ring (bicyclic) bond motifs is 3. The lowest BCUT2D eigenvalue weighted by Crippen LogP contribution is -2.59. The molecule has 264 valence electrons. The van der Waals surface area contributed by atoms with Gasteiger partial charge < -0.3 is 25.2 Å². The van der Waals surface area contributed by atoms with Crippen molar-refractivity contribution in [3.05, 3.63) is 117 Å². The first-order valence-electron chi connectivity index (χ1n) is 16.7. The Morgan fingerprint density at radius 1 is 0.942 bits per heavy atom. The first-order valence-corrected chi connectivity index (χ1v) is 17.9. The van der Waals surface area contributed by atoms with Crippen LogP contribution >= 0.6 is 22.9 Å². The van der Waals surface area contributed by atoms with Crippen molar-refractivity contribution in [1.82, 2.24) is 9.97 Å². The van der Waals surface area contributed by atoms with E-state index in [4.69, 9.17) is 16.3 Å². The number of thiophene rings is 1. The minimum Gasteiger partial charge on any atom is -0.381 e. The third-order valence-electron chi connectivity index (χ3n) is 9.79. The van der Waals surface area contributed by atoms with Gasteiger partial charge in [-0.3, -0.25) is 19.4 Å². The van der Waals surface area contributed by atoms with Crippen molar-refractivity contribution in [3.8, 4) is 10.4 Å². The van der Waals surface area contributed by atoms with Crippen molar-refractivity contribution in [2.45, 2.75) is 19.3 Å². The number of halogens is 3. The smallest absolute Gasteiger partial charge is 0.265 e. The summed E-state index contributed by atoms with van der Waals surface area (Å²) in [6, 6.07) is 15.3. The van der Waals surface area contributed by atoms with E-state index in [9.17, 15) is 23.2 Å². The van der Waals surface area contributed by atoms with E-state index in [-0.39, 0.29) is 27.9 Å². The fourth-order valence-electron chi connectivity index (χ4n) is 7.06. The molecule has 0 atom stereocenters. The van der Waals surface area contributed by atoms with Gasteiger partial charge in [0, 0.05) is 84.6 Å². The Bertz CT molecular complexity index is 2190. The van der Waals surface area contributed by atoms with Crippen LogP contribution in [0.5, 0.6) is 0 Å². The highest BCUT2D eigenvalue weighted by atomic mass is 35.5. The second-order valence-electron chi connectivity index (χ2n) is 13.1. The van der Waals surface area contributed by atoms with Gasteiger partial charge in [0.05, 0.1) is 26.8 Å². The van der Waals surface area contributed by atoms with E-state index >= 15 is 0 Å². The van der Waals surface area contributed by atoms with Crippen molar-refractivity contribution in [3.63, 3.8) is 0 Å². The molecular formula is C38H31ClF2N6O4S. The number of rotatable bonds is 6. The maximum atomic E-state index is 14.4. The molecule has 52 heavy (non-hydrogen) atoms.